The smallest absolute Gasteiger partial charge is 0.253 e. The van der Waals surface area contributed by atoms with Crippen LogP contribution in [0.4, 0.5) is 0 Å². The van der Waals surface area contributed by atoms with Gasteiger partial charge in [0.15, 0.2) is 0 Å². The zero-order valence-corrected chi connectivity index (χ0v) is 16.6. The summed E-state index contributed by atoms with van der Waals surface area (Å²) in [5, 5.41) is 3.64. The Morgan fingerprint density at radius 1 is 1.15 bits per heavy atom. The maximum atomic E-state index is 12.5. The molecule has 0 unspecified atom stereocenters. The highest BCUT2D eigenvalue weighted by Gasteiger charge is 2.23. The van der Waals surface area contributed by atoms with E-state index in [-0.39, 0.29) is 5.91 Å². The number of carbonyl (C=O) groups is 1. The molecule has 2 aromatic carbocycles. The Hall–Kier alpha value is -2.33. The number of methoxy groups -OCH3 is 1. The van der Waals surface area contributed by atoms with Crippen molar-refractivity contribution in [2.45, 2.75) is 45.2 Å². The van der Waals surface area contributed by atoms with Gasteiger partial charge in [0.25, 0.3) is 5.91 Å². The summed E-state index contributed by atoms with van der Waals surface area (Å²) >= 11 is 0. The summed E-state index contributed by atoms with van der Waals surface area (Å²) in [5.74, 6) is 1.58. The van der Waals surface area contributed by atoms with Crippen molar-refractivity contribution in [2.24, 2.45) is 0 Å². The molecule has 4 heteroatoms. The Kier molecular flexibility index (Phi) is 6.51. The van der Waals surface area contributed by atoms with Gasteiger partial charge in [-0.3, -0.25) is 4.79 Å². The second kappa shape index (κ2) is 9.05. The van der Waals surface area contributed by atoms with Crippen LogP contribution in [0.3, 0.4) is 0 Å². The van der Waals surface area contributed by atoms with Crippen molar-refractivity contribution in [3.63, 3.8) is 0 Å². The number of ether oxygens (including phenoxy) is 1. The lowest BCUT2D eigenvalue weighted by molar-refractivity contribution is 0.0704. The number of rotatable bonds is 6. The number of amides is 1. The fourth-order valence-corrected chi connectivity index (χ4v) is 3.57. The second-order valence-electron chi connectivity index (χ2n) is 7.54. The molecule has 1 fully saturated rings. The first-order valence-corrected chi connectivity index (χ1v) is 9.83. The van der Waals surface area contributed by atoms with Crippen molar-refractivity contribution in [2.75, 3.05) is 20.2 Å². The van der Waals surface area contributed by atoms with E-state index in [1.807, 2.05) is 35.2 Å². The van der Waals surface area contributed by atoms with Crippen LogP contribution in [0, 0.1) is 0 Å². The van der Waals surface area contributed by atoms with Crippen LogP contribution in [-0.2, 0) is 6.54 Å². The summed E-state index contributed by atoms with van der Waals surface area (Å²) in [7, 11) is 1.73. The van der Waals surface area contributed by atoms with Crippen LogP contribution in [0.25, 0.3) is 0 Å². The zero-order chi connectivity index (χ0) is 19.2. The SMILES string of the molecule is COc1cc(C(C)C)ccc1CNC1CCN(C(=O)c2ccccc2)CC1. The van der Waals surface area contributed by atoms with E-state index < -0.39 is 0 Å². The van der Waals surface area contributed by atoms with Gasteiger partial charge in [-0.05, 0) is 42.5 Å². The molecule has 1 aliphatic rings. The minimum absolute atomic E-state index is 0.139. The van der Waals surface area contributed by atoms with E-state index in [0.717, 1.165) is 43.8 Å². The Bertz CT molecular complexity index is 750. The number of hydrogen-bond donors (Lipinski definition) is 1. The quantitative estimate of drug-likeness (QED) is 0.832. The molecule has 144 valence electrons. The summed E-state index contributed by atoms with van der Waals surface area (Å²) in [6.07, 6.45) is 1.95. The predicted octanol–water partition coefficient (Wildman–Crippen LogP) is 4.21. The highest BCUT2D eigenvalue weighted by molar-refractivity contribution is 5.94. The van der Waals surface area contributed by atoms with Gasteiger partial charge in [-0.25, -0.2) is 0 Å². The third-order valence-electron chi connectivity index (χ3n) is 5.36. The van der Waals surface area contributed by atoms with E-state index in [4.69, 9.17) is 4.74 Å². The lowest BCUT2D eigenvalue weighted by Crippen LogP contribution is -2.44. The Balaban J connectivity index is 1.52. The molecule has 0 atom stereocenters. The Morgan fingerprint density at radius 2 is 1.85 bits per heavy atom. The maximum absolute atomic E-state index is 12.5. The van der Waals surface area contributed by atoms with Crippen molar-refractivity contribution in [3.8, 4) is 5.75 Å². The van der Waals surface area contributed by atoms with Crippen LogP contribution < -0.4 is 10.1 Å². The van der Waals surface area contributed by atoms with Crippen LogP contribution in [0.1, 0.15) is 54.1 Å². The number of piperidine rings is 1. The molecule has 0 bridgehead atoms. The third kappa shape index (κ3) is 4.89. The van der Waals surface area contributed by atoms with Gasteiger partial charge >= 0.3 is 0 Å². The molecule has 4 nitrogen and oxygen atoms in total. The number of nitrogens with one attached hydrogen (secondary N) is 1. The molecule has 1 saturated heterocycles. The molecular formula is C23H30N2O2. The molecule has 1 heterocycles. The van der Waals surface area contributed by atoms with Crippen molar-refractivity contribution in [1.29, 1.82) is 0 Å². The van der Waals surface area contributed by atoms with E-state index in [9.17, 15) is 4.79 Å². The molecule has 3 rings (SSSR count). The summed E-state index contributed by atoms with van der Waals surface area (Å²) in [6, 6.07) is 16.5. The average Bonchev–Trinajstić information content (AvgIpc) is 2.72. The maximum Gasteiger partial charge on any atom is 0.253 e. The first-order valence-electron chi connectivity index (χ1n) is 9.83. The van der Waals surface area contributed by atoms with Crippen LogP contribution in [0.5, 0.6) is 5.75 Å². The molecule has 0 radical (unpaired) electrons. The van der Waals surface area contributed by atoms with E-state index in [1.54, 1.807) is 7.11 Å². The fraction of sp³-hybridized carbons (Fsp3) is 0.435. The van der Waals surface area contributed by atoms with Crippen molar-refractivity contribution < 1.29 is 9.53 Å². The predicted molar refractivity (Wildman–Crippen MR) is 109 cm³/mol. The van der Waals surface area contributed by atoms with Crippen molar-refractivity contribution in [3.05, 3.63) is 65.2 Å². The van der Waals surface area contributed by atoms with Crippen LogP contribution >= 0.6 is 0 Å². The molecule has 27 heavy (non-hydrogen) atoms. The minimum Gasteiger partial charge on any atom is -0.496 e. The lowest BCUT2D eigenvalue weighted by Gasteiger charge is -2.32. The fourth-order valence-electron chi connectivity index (χ4n) is 3.57. The number of nitrogens with zero attached hydrogens (tertiary/aromatic N) is 1. The third-order valence-corrected chi connectivity index (χ3v) is 5.36. The molecule has 0 aromatic heterocycles. The number of likely N-dealkylation sites (tertiary alicyclic amines) is 1. The van der Waals surface area contributed by atoms with Crippen LogP contribution in [0.15, 0.2) is 48.5 Å². The minimum atomic E-state index is 0.139. The highest BCUT2D eigenvalue weighted by atomic mass is 16.5. The van der Waals surface area contributed by atoms with Gasteiger partial charge in [0, 0.05) is 36.8 Å². The molecule has 0 saturated carbocycles. The molecule has 2 aromatic rings. The number of benzene rings is 2. The molecule has 0 aliphatic carbocycles. The van der Waals surface area contributed by atoms with Crippen molar-refractivity contribution >= 4 is 5.91 Å². The second-order valence-corrected chi connectivity index (χ2v) is 7.54. The standard InChI is InChI=1S/C23H30N2O2/c1-17(2)19-9-10-20(22(15-19)27-3)16-24-21-11-13-25(14-12-21)23(26)18-7-5-4-6-8-18/h4-10,15,17,21,24H,11-14,16H2,1-3H3. The molecular weight excluding hydrogens is 336 g/mol. The summed E-state index contributed by atoms with van der Waals surface area (Å²) in [4.78, 5) is 14.5. The summed E-state index contributed by atoms with van der Waals surface area (Å²) in [5.41, 5.74) is 3.26. The molecule has 1 aliphatic heterocycles. The first kappa shape index (κ1) is 19.4. The van der Waals surface area contributed by atoms with Gasteiger partial charge in [0.1, 0.15) is 5.75 Å². The lowest BCUT2D eigenvalue weighted by atomic mass is 10.00. The number of hydrogen-bond acceptors (Lipinski definition) is 3. The molecule has 1 N–H and O–H groups in total. The molecule has 0 spiro atoms. The Labute approximate surface area is 162 Å². The summed E-state index contributed by atoms with van der Waals surface area (Å²) in [6.45, 7) is 6.77. The Morgan fingerprint density at radius 3 is 2.48 bits per heavy atom. The zero-order valence-electron chi connectivity index (χ0n) is 16.6. The van der Waals surface area contributed by atoms with Gasteiger partial charge < -0.3 is 15.0 Å². The van der Waals surface area contributed by atoms with Gasteiger partial charge in [-0.15, -0.1) is 0 Å². The average molecular weight is 367 g/mol. The topological polar surface area (TPSA) is 41.6 Å². The monoisotopic (exact) mass is 366 g/mol. The van der Waals surface area contributed by atoms with Gasteiger partial charge in [-0.2, -0.15) is 0 Å². The highest BCUT2D eigenvalue weighted by Crippen LogP contribution is 2.25. The van der Waals surface area contributed by atoms with Crippen LogP contribution in [0.2, 0.25) is 0 Å². The van der Waals surface area contributed by atoms with E-state index in [1.165, 1.54) is 11.1 Å². The van der Waals surface area contributed by atoms with E-state index >= 15 is 0 Å². The summed E-state index contributed by atoms with van der Waals surface area (Å²) < 4.78 is 5.58. The van der Waals surface area contributed by atoms with E-state index in [0.29, 0.717) is 12.0 Å². The normalized spacial score (nSPS) is 15.2. The number of carbonyl (C=O) groups excluding carboxylic acids is 1. The van der Waals surface area contributed by atoms with Crippen molar-refractivity contribution in [1.82, 2.24) is 10.2 Å². The van der Waals surface area contributed by atoms with Crippen LogP contribution in [-0.4, -0.2) is 37.0 Å². The van der Waals surface area contributed by atoms with Gasteiger partial charge in [-0.1, -0.05) is 44.2 Å². The van der Waals surface area contributed by atoms with Gasteiger partial charge in [0.2, 0.25) is 0 Å². The van der Waals surface area contributed by atoms with E-state index in [2.05, 4.69) is 37.4 Å². The van der Waals surface area contributed by atoms with Gasteiger partial charge in [0.05, 0.1) is 7.11 Å². The first-order chi connectivity index (χ1) is 13.1. The largest absolute Gasteiger partial charge is 0.496 e. The molecule has 1 amide bonds.